The van der Waals surface area contributed by atoms with Gasteiger partial charge in [-0.2, -0.15) is 4.98 Å². The van der Waals surface area contributed by atoms with Gasteiger partial charge in [0.1, 0.15) is 11.4 Å². The zero-order valence-corrected chi connectivity index (χ0v) is 13.8. The molecule has 0 amide bonds. The van der Waals surface area contributed by atoms with Crippen LogP contribution in [-0.4, -0.2) is 9.91 Å². The highest BCUT2D eigenvalue weighted by molar-refractivity contribution is 5.90. The first-order chi connectivity index (χ1) is 13.0. The second-order valence-electron chi connectivity index (χ2n) is 5.84. The number of hydrogen-bond acceptors (Lipinski definition) is 6. The molecule has 7 nitrogen and oxygen atoms in total. The number of anilines is 1. The molecule has 0 unspecified atom stereocenters. The van der Waals surface area contributed by atoms with Gasteiger partial charge in [-0.25, -0.2) is 4.39 Å². The molecular weight excluding hydrogens is 353 g/mol. The van der Waals surface area contributed by atoms with Gasteiger partial charge in [0.15, 0.2) is 0 Å². The molecule has 0 spiro atoms. The maximum Gasteiger partial charge on any atom is 0.312 e. The van der Waals surface area contributed by atoms with Gasteiger partial charge in [-0.05, 0) is 18.2 Å². The molecule has 27 heavy (non-hydrogen) atoms. The van der Waals surface area contributed by atoms with Crippen LogP contribution in [-0.2, 0) is 6.54 Å². The van der Waals surface area contributed by atoms with Crippen molar-refractivity contribution in [2.24, 2.45) is 0 Å². The van der Waals surface area contributed by atoms with Crippen molar-refractivity contribution in [1.29, 1.82) is 0 Å². The van der Waals surface area contributed by atoms with Crippen LogP contribution in [0.3, 0.4) is 0 Å². The predicted molar refractivity (Wildman–Crippen MR) is 98.2 cm³/mol. The second-order valence-corrected chi connectivity index (χ2v) is 5.84. The third kappa shape index (κ3) is 2.97. The Morgan fingerprint density at radius 3 is 2.63 bits per heavy atom. The Labute approximate surface area is 151 Å². The molecule has 0 atom stereocenters. The number of rotatable bonds is 4. The first-order valence-corrected chi connectivity index (χ1v) is 8.03. The quantitative estimate of drug-likeness (QED) is 0.333. The van der Waals surface area contributed by atoms with E-state index in [0.29, 0.717) is 16.5 Å². The minimum absolute atomic E-state index is 0.0101. The number of nitrogens with zero attached hydrogens (tertiary/aromatic N) is 2. The number of nitro groups is 1. The minimum Gasteiger partial charge on any atom is -0.437 e. The molecule has 0 fully saturated rings. The molecule has 1 N–H and O–H groups in total. The van der Waals surface area contributed by atoms with Crippen molar-refractivity contribution in [3.63, 3.8) is 0 Å². The molecule has 134 valence electrons. The molecule has 0 saturated heterocycles. The molecule has 0 aliphatic heterocycles. The summed E-state index contributed by atoms with van der Waals surface area (Å²) >= 11 is 0. The number of nitrogens with one attached hydrogen (secondary N) is 1. The Bertz CT molecular complexity index is 1250. The van der Waals surface area contributed by atoms with E-state index >= 15 is 0 Å². The lowest BCUT2D eigenvalue weighted by molar-refractivity contribution is -0.384. The van der Waals surface area contributed by atoms with Crippen LogP contribution >= 0.6 is 0 Å². The van der Waals surface area contributed by atoms with E-state index in [1.807, 2.05) is 0 Å². The van der Waals surface area contributed by atoms with Gasteiger partial charge in [-0.15, -0.1) is 0 Å². The number of benzene rings is 2. The van der Waals surface area contributed by atoms with Gasteiger partial charge >= 0.3 is 5.69 Å². The minimum atomic E-state index is -0.648. The third-order valence-corrected chi connectivity index (χ3v) is 4.15. The number of halogens is 1. The maximum absolute atomic E-state index is 13.8. The van der Waals surface area contributed by atoms with Gasteiger partial charge in [-0.1, -0.05) is 30.3 Å². The monoisotopic (exact) mass is 365 g/mol. The van der Waals surface area contributed by atoms with Crippen molar-refractivity contribution in [2.45, 2.75) is 6.54 Å². The zero-order chi connectivity index (χ0) is 19.0. The van der Waals surface area contributed by atoms with Crippen molar-refractivity contribution >= 4 is 33.6 Å². The fraction of sp³-hybridized carbons (Fsp3) is 0.0526. The van der Waals surface area contributed by atoms with Crippen molar-refractivity contribution in [3.8, 4) is 0 Å². The first kappa shape index (κ1) is 16.6. The van der Waals surface area contributed by atoms with E-state index in [1.54, 1.807) is 42.5 Å². The highest BCUT2D eigenvalue weighted by Crippen LogP contribution is 2.28. The van der Waals surface area contributed by atoms with Crippen molar-refractivity contribution in [1.82, 2.24) is 4.98 Å². The predicted octanol–water partition coefficient (Wildman–Crippen LogP) is 4.00. The highest BCUT2D eigenvalue weighted by atomic mass is 19.1. The molecule has 0 bridgehead atoms. The Morgan fingerprint density at radius 2 is 1.85 bits per heavy atom. The summed E-state index contributed by atoms with van der Waals surface area (Å²) in [6, 6.07) is 13.8. The van der Waals surface area contributed by atoms with E-state index in [-0.39, 0.29) is 29.1 Å². The molecule has 2 aromatic heterocycles. The van der Waals surface area contributed by atoms with Crippen LogP contribution in [0.25, 0.3) is 22.1 Å². The summed E-state index contributed by atoms with van der Waals surface area (Å²) < 4.78 is 19.4. The summed E-state index contributed by atoms with van der Waals surface area (Å²) in [7, 11) is 0. The van der Waals surface area contributed by atoms with E-state index in [1.165, 1.54) is 6.07 Å². The van der Waals surface area contributed by atoms with Gasteiger partial charge < -0.3 is 9.73 Å². The van der Waals surface area contributed by atoms with Gasteiger partial charge in [0.2, 0.25) is 17.0 Å². The van der Waals surface area contributed by atoms with E-state index < -0.39 is 16.2 Å². The lowest BCUT2D eigenvalue weighted by Crippen LogP contribution is -2.09. The summed E-state index contributed by atoms with van der Waals surface area (Å²) in [5, 5.41) is 14.5. The standard InChI is InChI=1S/C19H12FN3O4/c20-14-7-3-1-5-11(14)10-21-18-15(23(25)26)9-13-17(24)12-6-2-4-8-16(12)27-19(13)22-18/h1-9H,10H2,(H,21,22). The number of fused-ring (bicyclic) bond motifs is 2. The van der Waals surface area contributed by atoms with Crippen LogP contribution in [0.15, 0.2) is 63.8 Å². The van der Waals surface area contributed by atoms with Gasteiger partial charge in [-0.3, -0.25) is 14.9 Å². The van der Waals surface area contributed by atoms with Crippen LogP contribution in [0.2, 0.25) is 0 Å². The SMILES string of the molecule is O=c1c2ccccc2oc2nc(NCc3ccccc3F)c([N+](=O)[O-])cc12. The topological polar surface area (TPSA) is 98.3 Å². The van der Waals surface area contributed by atoms with Gasteiger partial charge in [0, 0.05) is 18.2 Å². The third-order valence-electron chi connectivity index (χ3n) is 4.15. The summed E-state index contributed by atoms with van der Waals surface area (Å²) in [5.74, 6) is -0.542. The molecule has 0 aliphatic rings. The molecule has 0 saturated carbocycles. The van der Waals surface area contributed by atoms with Crippen LogP contribution < -0.4 is 10.7 Å². The van der Waals surface area contributed by atoms with Crippen LogP contribution in [0.1, 0.15) is 5.56 Å². The normalized spacial score (nSPS) is 11.0. The first-order valence-electron chi connectivity index (χ1n) is 8.03. The fourth-order valence-electron chi connectivity index (χ4n) is 2.81. The number of para-hydroxylation sites is 1. The molecule has 0 radical (unpaired) electrons. The van der Waals surface area contributed by atoms with Gasteiger partial charge in [0.05, 0.1) is 15.7 Å². The number of aromatic nitrogens is 1. The average molecular weight is 365 g/mol. The summed E-state index contributed by atoms with van der Waals surface area (Å²) in [4.78, 5) is 27.5. The Morgan fingerprint density at radius 1 is 1.11 bits per heavy atom. The molecule has 2 aromatic carbocycles. The molecular formula is C19H12FN3O4. The molecule has 8 heteroatoms. The second kappa shape index (κ2) is 6.49. The van der Waals surface area contributed by atoms with Crippen LogP contribution in [0.5, 0.6) is 0 Å². The Kier molecular flexibility index (Phi) is 4.00. The lowest BCUT2D eigenvalue weighted by Gasteiger charge is -2.08. The Balaban J connectivity index is 1.85. The molecule has 4 rings (SSSR count). The number of hydrogen-bond donors (Lipinski definition) is 1. The van der Waals surface area contributed by atoms with E-state index in [9.17, 15) is 19.3 Å². The largest absolute Gasteiger partial charge is 0.437 e. The summed E-state index contributed by atoms with van der Waals surface area (Å²) in [5.41, 5.74) is -0.157. The summed E-state index contributed by atoms with van der Waals surface area (Å²) in [6.45, 7) is -0.0101. The smallest absolute Gasteiger partial charge is 0.312 e. The highest BCUT2D eigenvalue weighted by Gasteiger charge is 2.20. The maximum atomic E-state index is 13.8. The molecule has 4 aromatic rings. The molecule has 0 aliphatic carbocycles. The zero-order valence-electron chi connectivity index (χ0n) is 13.8. The number of pyridine rings is 1. The Hall–Kier alpha value is -3.81. The van der Waals surface area contributed by atoms with Crippen LogP contribution in [0, 0.1) is 15.9 Å². The summed E-state index contributed by atoms with van der Waals surface area (Å²) in [6.07, 6.45) is 0. The van der Waals surface area contributed by atoms with Gasteiger partial charge in [0.25, 0.3) is 0 Å². The van der Waals surface area contributed by atoms with E-state index in [0.717, 1.165) is 6.07 Å². The van der Waals surface area contributed by atoms with Crippen molar-refractivity contribution < 1.29 is 13.7 Å². The van der Waals surface area contributed by atoms with Crippen molar-refractivity contribution in [2.75, 3.05) is 5.32 Å². The molecule has 2 heterocycles. The fourth-order valence-corrected chi connectivity index (χ4v) is 2.81. The van der Waals surface area contributed by atoms with Crippen molar-refractivity contribution in [3.05, 3.63) is 86.3 Å². The average Bonchev–Trinajstić information content (AvgIpc) is 2.67. The van der Waals surface area contributed by atoms with E-state index in [4.69, 9.17) is 4.42 Å². The van der Waals surface area contributed by atoms with Crippen LogP contribution in [0.4, 0.5) is 15.9 Å². The lowest BCUT2D eigenvalue weighted by atomic mass is 10.1. The van der Waals surface area contributed by atoms with E-state index in [2.05, 4.69) is 10.3 Å².